The largest absolute Gasteiger partial charge is 0.480 e. The monoisotopic (exact) mass is 394 g/mol. The average Bonchev–Trinajstić information content (AvgIpc) is 3.08. The van der Waals surface area contributed by atoms with E-state index in [1.807, 2.05) is 18.2 Å². The number of fused-ring (bicyclic) bond motifs is 1. The fourth-order valence-electron chi connectivity index (χ4n) is 3.69. The van der Waals surface area contributed by atoms with Crippen LogP contribution in [0.1, 0.15) is 30.9 Å². The number of carboxylic acids is 1. The summed E-state index contributed by atoms with van der Waals surface area (Å²) in [7, 11) is 0. The number of rotatable bonds is 6. The molecule has 3 aromatic heterocycles. The molecule has 4 heterocycles. The van der Waals surface area contributed by atoms with Crippen LogP contribution in [0.4, 0.5) is 17.6 Å². The number of hydrogen-bond acceptors (Lipinski definition) is 7. The molecule has 1 saturated heterocycles. The summed E-state index contributed by atoms with van der Waals surface area (Å²) in [4.78, 5) is 20.7. The van der Waals surface area contributed by atoms with Crippen LogP contribution in [0.3, 0.4) is 0 Å². The number of hydrogen-bond donors (Lipinski definition) is 3. The standard InChI is InChI=1S/C17H18N10O2/c18-25-21-10-6-13(16(28)29)26(8-10)17-20-15(12-2-1-5-27(12)24-17)19-14-7-11(22-23-14)9-3-4-9/h1-2,5,7,9-10,13H,3-4,6,8H2,(H,28,29)(H2,19,20,22,23,24)/t10-,13-/m0/s1. The highest BCUT2D eigenvalue weighted by atomic mass is 16.4. The van der Waals surface area contributed by atoms with Crippen LogP contribution in [-0.4, -0.2) is 54.5 Å². The molecule has 5 rings (SSSR count). The predicted molar refractivity (Wildman–Crippen MR) is 103 cm³/mol. The fourth-order valence-corrected chi connectivity index (χ4v) is 3.69. The maximum atomic E-state index is 11.7. The molecule has 0 unspecified atom stereocenters. The molecule has 0 radical (unpaired) electrons. The maximum Gasteiger partial charge on any atom is 0.326 e. The van der Waals surface area contributed by atoms with Gasteiger partial charge in [0.05, 0.1) is 6.04 Å². The number of azide groups is 1. The van der Waals surface area contributed by atoms with Crippen molar-refractivity contribution in [2.45, 2.75) is 37.3 Å². The summed E-state index contributed by atoms with van der Waals surface area (Å²) in [5, 5.41) is 28.3. The molecule has 1 aliphatic carbocycles. The third-order valence-electron chi connectivity index (χ3n) is 5.28. The van der Waals surface area contributed by atoms with Gasteiger partial charge in [-0.05, 0) is 36.9 Å². The third-order valence-corrected chi connectivity index (χ3v) is 5.28. The lowest BCUT2D eigenvalue weighted by Crippen LogP contribution is -2.37. The zero-order valence-electron chi connectivity index (χ0n) is 15.3. The number of aromatic amines is 1. The summed E-state index contributed by atoms with van der Waals surface area (Å²) in [6, 6.07) is 4.35. The first-order chi connectivity index (χ1) is 14.1. The van der Waals surface area contributed by atoms with Crippen molar-refractivity contribution in [1.82, 2.24) is 24.8 Å². The number of carbonyl (C=O) groups is 1. The minimum absolute atomic E-state index is 0.208. The van der Waals surface area contributed by atoms with E-state index in [2.05, 4.69) is 35.6 Å². The molecule has 2 atom stereocenters. The second kappa shape index (κ2) is 6.67. The van der Waals surface area contributed by atoms with E-state index in [0.29, 0.717) is 17.6 Å². The van der Waals surface area contributed by atoms with Gasteiger partial charge in [-0.1, -0.05) is 5.11 Å². The second-order valence-corrected chi connectivity index (χ2v) is 7.31. The molecule has 1 aliphatic heterocycles. The van der Waals surface area contributed by atoms with Gasteiger partial charge >= 0.3 is 5.97 Å². The Balaban J connectivity index is 1.50. The van der Waals surface area contributed by atoms with Crippen LogP contribution in [0.15, 0.2) is 29.5 Å². The molecule has 0 aromatic carbocycles. The van der Waals surface area contributed by atoms with Gasteiger partial charge < -0.3 is 15.3 Å². The Morgan fingerprint density at radius 2 is 2.31 bits per heavy atom. The van der Waals surface area contributed by atoms with E-state index >= 15 is 0 Å². The fraction of sp³-hybridized carbons (Fsp3) is 0.412. The van der Waals surface area contributed by atoms with Crippen LogP contribution < -0.4 is 10.2 Å². The number of aromatic nitrogens is 5. The topological polar surface area (TPSA) is 160 Å². The molecular weight excluding hydrogens is 376 g/mol. The minimum Gasteiger partial charge on any atom is -0.480 e. The van der Waals surface area contributed by atoms with Crippen LogP contribution in [0.25, 0.3) is 16.0 Å². The molecule has 12 heteroatoms. The summed E-state index contributed by atoms with van der Waals surface area (Å²) < 4.78 is 1.64. The lowest BCUT2D eigenvalue weighted by molar-refractivity contribution is -0.138. The van der Waals surface area contributed by atoms with E-state index in [-0.39, 0.29) is 18.9 Å². The van der Waals surface area contributed by atoms with E-state index in [1.165, 1.54) is 12.8 Å². The van der Waals surface area contributed by atoms with Crippen LogP contribution in [-0.2, 0) is 4.79 Å². The van der Waals surface area contributed by atoms with Gasteiger partial charge in [0.15, 0.2) is 11.6 Å². The predicted octanol–water partition coefficient (Wildman–Crippen LogP) is 2.42. The van der Waals surface area contributed by atoms with Gasteiger partial charge in [-0.25, -0.2) is 9.31 Å². The van der Waals surface area contributed by atoms with Crippen molar-refractivity contribution in [1.29, 1.82) is 0 Å². The van der Waals surface area contributed by atoms with E-state index in [9.17, 15) is 9.90 Å². The quantitative estimate of drug-likeness (QED) is 0.328. The number of H-pyrrole nitrogens is 1. The van der Waals surface area contributed by atoms with Crippen molar-refractivity contribution in [3.05, 3.63) is 40.5 Å². The van der Waals surface area contributed by atoms with Crippen LogP contribution in [0.2, 0.25) is 0 Å². The van der Waals surface area contributed by atoms with Crippen LogP contribution in [0, 0.1) is 0 Å². The summed E-state index contributed by atoms with van der Waals surface area (Å²) >= 11 is 0. The summed E-state index contributed by atoms with van der Waals surface area (Å²) in [5.74, 6) is 0.948. The molecule has 148 valence electrons. The zero-order valence-corrected chi connectivity index (χ0v) is 15.3. The first-order valence-corrected chi connectivity index (χ1v) is 9.34. The lowest BCUT2D eigenvalue weighted by atomic mass is 10.2. The number of aliphatic carboxylic acids is 1. The number of anilines is 3. The van der Waals surface area contributed by atoms with Crippen molar-refractivity contribution in [2.75, 3.05) is 16.8 Å². The molecule has 29 heavy (non-hydrogen) atoms. The highest BCUT2D eigenvalue weighted by Gasteiger charge is 2.38. The summed E-state index contributed by atoms with van der Waals surface area (Å²) in [5.41, 5.74) is 10.5. The Bertz CT molecular complexity index is 1130. The lowest BCUT2D eigenvalue weighted by Gasteiger charge is -2.22. The van der Waals surface area contributed by atoms with Crippen LogP contribution in [0.5, 0.6) is 0 Å². The Labute approximate surface area is 164 Å². The first kappa shape index (κ1) is 17.3. The van der Waals surface area contributed by atoms with Gasteiger partial charge in [-0.3, -0.25) is 5.10 Å². The smallest absolute Gasteiger partial charge is 0.326 e. The van der Waals surface area contributed by atoms with Gasteiger partial charge in [0.25, 0.3) is 0 Å². The van der Waals surface area contributed by atoms with E-state index in [1.54, 1.807) is 15.6 Å². The molecule has 0 spiro atoms. The minimum atomic E-state index is -1.01. The second-order valence-electron chi connectivity index (χ2n) is 7.31. The van der Waals surface area contributed by atoms with Crippen molar-refractivity contribution in [3.8, 4) is 0 Å². The molecule has 2 aliphatic rings. The summed E-state index contributed by atoms with van der Waals surface area (Å²) in [6.45, 7) is 0.238. The van der Waals surface area contributed by atoms with Gasteiger partial charge in [0.2, 0.25) is 5.95 Å². The Kier molecular flexibility index (Phi) is 3.98. The van der Waals surface area contributed by atoms with Crippen molar-refractivity contribution in [2.24, 2.45) is 5.11 Å². The van der Waals surface area contributed by atoms with Gasteiger partial charge in [0.1, 0.15) is 11.6 Å². The maximum absolute atomic E-state index is 11.7. The third kappa shape index (κ3) is 3.19. The highest BCUT2D eigenvalue weighted by molar-refractivity contribution is 5.79. The Morgan fingerprint density at radius 1 is 1.45 bits per heavy atom. The van der Waals surface area contributed by atoms with E-state index < -0.39 is 18.1 Å². The number of nitrogens with zero attached hydrogens (tertiary/aromatic N) is 8. The molecule has 0 bridgehead atoms. The molecule has 3 N–H and O–H groups in total. The van der Waals surface area contributed by atoms with Crippen LogP contribution >= 0.6 is 0 Å². The molecule has 0 amide bonds. The highest BCUT2D eigenvalue weighted by Crippen LogP contribution is 2.39. The Hall–Kier alpha value is -3.79. The van der Waals surface area contributed by atoms with Crippen molar-refractivity contribution >= 4 is 29.1 Å². The molecule has 1 saturated carbocycles. The van der Waals surface area contributed by atoms with Gasteiger partial charge in [0, 0.05) is 35.3 Å². The number of nitrogens with one attached hydrogen (secondary N) is 2. The molecule has 3 aromatic rings. The Morgan fingerprint density at radius 3 is 3.07 bits per heavy atom. The molecule has 2 fully saturated rings. The normalized spacial score (nSPS) is 21.3. The summed E-state index contributed by atoms with van der Waals surface area (Å²) in [6.07, 6.45) is 4.31. The first-order valence-electron chi connectivity index (χ1n) is 9.34. The average molecular weight is 394 g/mol. The molecular formula is C17H18N10O2. The number of carboxylic acid groups (broad SMARTS) is 1. The van der Waals surface area contributed by atoms with Crippen molar-refractivity contribution < 1.29 is 9.90 Å². The molecule has 12 nitrogen and oxygen atoms in total. The van der Waals surface area contributed by atoms with Gasteiger partial charge in [-0.2, -0.15) is 10.1 Å². The van der Waals surface area contributed by atoms with E-state index in [0.717, 1.165) is 11.2 Å². The van der Waals surface area contributed by atoms with Gasteiger partial charge in [-0.15, -0.1) is 5.10 Å². The van der Waals surface area contributed by atoms with Crippen molar-refractivity contribution in [3.63, 3.8) is 0 Å². The SMILES string of the molecule is [N-]=[N+]=N[C@H]1C[C@@H](C(=O)O)N(c2nc(Nc3cc(C4CC4)[nH]n3)c3cccn3n2)C1. The zero-order chi connectivity index (χ0) is 20.0. The van der Waals surface area contributed by atoms with E-state index in [4.69, 9.17) is 5.53 Å².